The Balaban J connectivity index is 1.65. The number of nitrogens with zero attached hydrogens (tertiary/aromatic N) is 4. The lowest BCUT2D eigenvalue weighted by atomic mass is 10.1. The molecule has 1 aliphatic rings. The maximum Gasteiger partial charge on any atom is 0.0524 e. The molecule has 3 heterocycles. The number of aromatic nitrogens is 3. The SMILES string of the molecule is CN(C)C[C@H]1CCn2nccc2CN1Cc1cccc2[nH]ccc12. The number of aryl methyl sites for hydroxylation is 1. The molecule has 2 aromatic heterocycles. The molecule has 0 saturated heterocycles. The molecule has 126 valence electrons. The summed E-state index contributed by atoms with van der Waals surface area (Å²) in [6, 6.07) is 11.4. The van der Waals surface area contributed by atoms with E-state index >= 15 is 0 Å². The highest BCUT2D eigenvalue weighted by molar-refractivity contribution is 5.82. The maximum absolute atomic E-state index is 4.48. The van der Waals surface area contributed by atoms with Crippen LogP contribution in [0.4, 0.5) is 0 Å². The van der Waals surface area contributed by atoms with Gasteiger partial charge in [-0.25, -0.2) is 0 Å². The van der Waals surface area contributed by atoms with E-state index < -0.39 is 0 Å². The molecule has 1 N–H and O–H groups in total. The number of fused-ring (bicyclic) bond motifs is 2. The Kier molecular flexibility index (Phi) is 4.12. The Labute approximate surface area is 142 Å². The fourth-order valence-corrected chi connectivity index (χ4v) is 3.81. The molecule has 5 heteroatoms. The van der Waals surface area contributed by atoms with Crippen molar-refractivity contribution in [3.63, 3.8) is 0 Å². The standard InChI is InChI=1S/C19H25N5/c1-22(2)13-16-8-11-24-17(6-10-21-24)14-23(16)12-15-4-3-5-19-18(15)7-9-20-19/h3-7,9-10,16,20H,8,11-14H2,1-2H3/t16-/m1/s1. The Morgan fingerprint density at radius 2 is 2.17 bits per heavy atom. The normalized spacial score (nSPS) is 18.9. The number of nitrogens with one attached hydrogen (secondary N) is 1. The van der Waals surface area contributed by atoms with E-state index in [1.165, 1.54) is 22.2 Å². The lowest BCUT2D eigenvalue weighted by Gasteiger charge is -2.31. The zero-order valence-corrected chi connectivity index (χ0v) is 14.4. The first-order valence-electron chi connectivity index (χ1n) is 8.65. The molecule has 0 radical (unpaired) electrons. The van der Waals surface area contributed by atoms with E-state index in [1.807, 2.05) is 12.4 Å². The average molecular weight is 323 g/mol. The van der Waals surface area contributed by atoms with Gasteiger partial charge < -0.3 is 9.88 Å². The molecule has 1 aromatic carbocycles. The van der Waals surface area contributed by atoms with Gasteiger partial charge in [0.25, 0.3) is 0 Å². The van der Waals surface area contributed by atoms with Crippen LogP contribution in [0.15, 0.2) is 42.7 Å². The number of aromatic amines is 1. The molecule has 3 aromatic rings. The van der Waals surface area contributed by atoms with E-state index in [9.17, 15) is 0 Å². The second kappa shape index (κ2) is 6.42. The third kappa shape index (κ3) is 2.97. The van der Waals surface area contributed by atoms with E-state index in [0.717, 1.165) is 32.6 Å². The summed E-state index contributed by atoms with van der Waals surface area (Å²) in [4.78, 5) is 8.23. The van der Waals surface area contributed by atoms with Crippen LogP contribution in [0.5, 0.6) is 0 Å². The van der Waals surface area contributed by atoms with E-state index in [4.69, 9.17) is 0 Å². The second-order valence-electron chi connectivity index (χ2n) is 7.01. The lowest BCUT2D eigenvalue weighted by Crippen LogP contribution is -2.40. The van der Waals surface area contributed by atoms with Crippen molar-refractivity contribution in [1.82, 2.24) is 24.6 Å². The topological polar surface area (TPSA) is 40.1 Å². The highest BCUT2D eigenvalue weighted by Crippen LogP contribution is 2.24. The van der Waals surface area contributed by atoms with Gasteiger partial charge in [-0.3, -0.25) is 9.58 Å². The van der Waals surface area contributed by atoms with Crippen molar-refractivity contribution in [3.05, 3.63) is 54.0 Å². The predicted molar refractivity (Wildman–Crippen MR) is 96.7 cm³/mol. The summed E-state index contributed by atoms with van der Waals surface area (Å²) in [7, 11) is 4.32. The molecule has 24 heavy (non-hydrogen) atoms. The van der Waals surface area contributed by atoms with Gasteiger partial charge >= 0.3 is 0 Å². The van der Waals surface area contributed by atoms with Crippen molar-refractivity contribution in [2.45, 2.75) is 32.1 Å². The third-order valence-electron chi connectivity index (χ3n) is 4.99. The Hall–Kier alpha value is -2.11. The molecule has 0 fully saturated rings. The summed E-state index contributed by atoms with van der Waals surface area (Å²) in [5.74, 6) is 0. The summed E-state index contributed by atoms with van der Waals surface area (Å²) >= 11 is 0. The number of rotatable bonds is 4. The van der Waals surface area contributed by atoms with E-state index in [1.54, 1.807) is 0 Å². The summed E-state index contributed by atoms with van der Waals surface area (Å²) in [5, 5.41) is 5.82. The molecule has 0 saturated carbocycles. The molecule has 4 rings (SSSR count). The quantitative estimate of drug-likeness (QED) is 0.802. The number of likely N-dealkylation sites (N-methyl/N-ethyl adjacent to an activating group) is 1. The highest BCUT2D eigenvalue weighted by Gasteiger charge is 2.25. The Morgan fingerprint density at radius 3 is 3.04 bits per heavy atom. The van der Waals surface area contributed by atoms with Gasteiger partial charge in [0.15, 0.2) is 0 Å². The van der Waals surface area contributed by atoms with Gasteiger partial charge in [-0.1, -0.05) is 12.1 Å². The predicted octanol–water partition coefficient (Wildman–Crippen LogP) is 2.70. The third-order valence-corrected chi connectivity index (χ3v) is 4.99. The van der Waals surface area contributed by atoms with Crippen molar-refractivity contribution >= 4 is 10.9 Å². The Bertz CT molecular complexity index is 816. The van der Waals surface area contributed by atoms with Crippen LogP contribution < -0.4 is 0 Å². The molecule has 1 atom stereocenters. The number of benzene rings is 1. The molecule has 1 aliphatic heterocycles. The second-order valence-corrected chi connectivity index (χ2v) is 7.01. The van der Waals surface area contributed by atoms with Gasteiger partial charge in [0.1, 0.15) is 0 Å². The fraction of sp³-hybridized carbons (Fsp3) is 0.421. The first-order chi connectivity index (χ1) is 11.7. The van der Waals surface area contributed by atoms with Crippen LogP contribution in [0.25, 0.3) is 10.9 Å². The number of hydrogen-bond donors (Lipinski definition) is 1. The molecule has 0 spiro atoms. The molecule has 5 nitrogen and oxygen atoms in total. The Morgan fingerprint density at radius 1 is 1.25 bits per heavy atom. The smallest absolute Gasteiger partial charge is 0.0524 e. The van der Waals surface area contributed by atoms with Gasteiger partial charge in [0.05, 0.1) is 5.69 Å². The van der Waals surface area contributed by atoms with Crippen LogP contribution in [0.1, 0.15) is 17.7 Å². The largest absolute Gasteiger partial charge is 0.361 e. The van der Waals surface area contributed by atoms with Gasteiger partial charge in [-0.05, 0) is 44.3 Å². The van der Waals surface area contributed by atoms with E-state index in [0.29, 0.717) is 6.04 Å². The van der Waals surface area contributed by atoms with Crippen LogP contribution in [0, 0.1) is 0 Å². The van der Waals surface area contributed by atoms with Gasteiger partial charge in [-0.2, -0.15) is 5.10 Å². The minimum atomic E-state index is 0.538. The summed E-state index contributed by atoms with van der Waals surface area (Å²) in [6.45, 7) is 4.01. The van der Waals surface area contributed by atoms with Crippen molar-refractivity contribution in [3.8, 4) is 0 Å². The van der Waals surface area contributed by atoms with Crippen LogP contribution in [0.3, 0.4) is 0 Å². The first kappa shape index (κ1) is 15.4. The minimum Gasteiger partial charge on any atom is -0.361 e. The van der Waals surface area contributed by atoms with Crippen molar-refractivity contribution < 1.29 is 0 Å². The molecule has 0 amide bonds. The van der Waals surface area contributed by atoms with Crippen LogP contribution in [0.2, 0.25) is 0 Å². The number of hydrogen-bond acceptors (Lipinski definition) is 3. The minimum absolute atomic E-state index is 0.538. The maximum atomic E-state index is 4.48. The van der Waals surface area contributed by atoms with Crippen LogP contribution in [-0.4, -0.2) is 51.2 Å². The highest BCUT2D eigenvalue weighted by atomic mass is 15.3. The summed E-state index contributed by atoms with van der Waals surface area (Å²) in [6.07, 6.45) is 5.09. The van der Waals surface area contributed by atoms with Gasteiger partial charge in [0, 0.05) is 55.5 Å². The van der Waals surface area contributed by atoms with Crippen molar-refractivity contribution in [1.29, 1.82) is 0 Å². The number of H-pyrrole nitrogens is 1. The van der Waals surface area contributed by atoms with Gasteiger partial charge in [-0.15, -0.1) is 0 Å². The molecule has 0 bridgehead atoms. The molecular weight excluding hydrogens is 298 g/mol. The first-order valence-corrected chi connectivity index (χ1v) is 8.65. The van der Waals surface area contributed by atoms with Crippen LogP contribution in [-0.2, 0) is 19.6 Å². The molecule has 0 aliphatic carbocycles. The van der Waals surface area contributed by atoms with E-state index in [-0.39, 0.29) is 0 Å². The summed E-state index contributed by atoms with van der Waals surface area (Å²) in [5.41, 5.74) is 3.93. The van der Waals surface area contributed by atoms with E-state index in [2.05, 4.69) is 69.0 Å². The molecule has 0 unspecified atom stereocenters. The monoisotopic (exact) mass is 323 g/mol. The zero-order chi connectivity index (χ0) is 16.5. The zero-order valence-electron chi connectivity index (χ0n) is 14.4. The van der Waals surface area contributed by atoms with Crippen molar-refractivity contribution in [2.24, 2.45) is 0 Å². The van der Waals surface area contributed by atoms with Crippen LogP contribution >= 0.6 is 0 Å². The fourth-order valence-electron chi connectivity index (χ4n) is 3.81. The average Bonchev–Trinajstić information content (AvgIpc) is 3.17. The lowest BCUT2D eigenvalue weighted by molar-refractivity contribution is 0.144. The summed E-state index contributed by atoms with van der Waals surface area (Å²) < 4.78 is 2.17. The molecular formula is C19H25N5. The van der Waals surface area contributed by atoms with Gasteiger partial charge in [0.2, 0.25) is 0 Å². The van der Waals surface area contributed by atoms with Crippen molar-refractivity contribution in [2.75, 3.05) is 20.6 Å².